The third-order valence-electron chi connectivity index (χ3n) is 2.74. The maximum absolute atomic E-state index is 11.8. The molecular formula is C15H13NO3S. The van der Waals surface area contributed by atoms with Gasteiger partial charge < -0.3 is 10.4 Å². The molecule has 0 fully saturated rings. The summed E-state index contributed by atoms with van der Waals surface area (Å²) in [5, 5.41) is 13.5. The standard InChI is InChI=1S/C15H13NO3S/c1-10-4-2-3-5-11(10)6-7-13(17)16-14-12(15(18)19)8-9-20-14/h2-9H,1H3,(H,16,17)(H,18,19)/b7-6+. The zero-order valence-corrected chi connectivity index (χ0v) is 11.6. The van der Waals surface area contributed by atoms with Crippen molar-refractivity contribution in [2.24, 2.45) is 0 Å². The van der Waals surface area contributed by atoms with E-state index in [0.29, 0.717) is 5.00 Å². The summed E-state index contributed by atoms with van der Waals surface area (Å²) in [7, 11) is 0. The van der Waals surface area contributed by atoms with Crippen LogP contribution in [0.1, 0.15) is 21.5 Å². The highest BCUT2D eigenvalue weighted by Gasteiger charge is 2.12. The number of thiophene rings is 1. The Balaban J connectivity index is 2.08. The Hall–Kier alpha value is -2.40. The Bertz CT molecular complexity index is 673. The maximum Gasteiger partial charge on any atom is 0.338 e. The molecule has 20 heavy (non-hydrogen) atoms. The molecule has 1 aromatic heterocycles. The minimum atomic E-state index is -1.05. The van der Waals surface area contributed by atoms with Crippen LogP contribution >= 0.6 is 11.3 Å². The molecule has 2 aromatic rings. The minimum absolute atomic E-state index is 0.104. The van der Waals surface area contributed by atoms with Crippen LogP contribution in [0.3, 0.4) is 0 Å². The Kier molecular flexibility index (Phi) is 4.32. The van der Waals surface area contributed by atoms with Crippen molar-refractivity contribution in [3.63, 3.8) is 0 Å². The Morgan fingerprint density at radius 2 is 2.00 bits per heavy atom. The molecular weight excluding hydrogens is 274 g/mol. The van der Waals surface area contributed by atoms with E-state index in [0.717, 1.165) is 11.1 Å². The molecule has 4 nitrogen and oxygen atoms in total. The van der Waals surface area contributed by atoms with Gasteiger partial charge in [0.25, 0.3) is 0 Å². The summed E-state index contributed by atoms with van der Waals surface area (Å²) in [5.74, 6) is -1.40. The molecule has 0 aliphatic rings. The first-order valence-corrected chi connectivity index (χ1v) is 6.81. The molecule has 1 aromatic carbocycles. The van der Waals surface area contributed by atoms with Crippen molar-refractivity contribution < 1.29 is 14.7 Å². The van der Waals surface area contributed by atoms with Crippen molar-refractivity contribution in [1.82, 2.24) is 0 Å². The first-order valence-electron chi connectivity index (χ1n) is 5.93. The topological polar surface area (TPSA) is 66.4 Å². The fourth-order valence-electron chi connectivity index (χ4n) is 1.67. The Morgan fingerprint density at radius 3 is 2.70 bits per heavy atom. The quantitative estimate of drug-likeness (QED) is 0.847. The van der Waals surface area contributed by atoms with Gasteiger partial charge in [-0.2, -0.15) is 0 Å². The number of carboxylic acids is 1. The van der Waals surface area contributed by atoms with E-state index in [-0.39, 0.29) is 11.5 Å². The van der Waals surface area contributed by atoms with Gasteiger partial charge in [-0.1, -0.05) is 24.3 Å². The number of benzene rings is 1. The second-order valence-electron chi connectivity index (χ2n) is 4.15. The monoisotopic (exact) mass is 287 g/mol. The van der Waals surface area contributed by atoms with Crippen molar-refractivity contribution in [3.05, 3.63) is 58.5 Å². The lowest BCUT2D eigenvalue weighted by Crippen LogP contribution is -2.09. The average molecular weight is 287 g/mol. The lowest BCUT2D eigenvalue weighted by molar-refractivity contribution is -0.111. The van der Waals surface area contributed by atoms with Crippen LogP contribution in [0, 0.1) is 6.92 Å². The summed E-state index contributed by atoms with van der Waals surface area (Å²) in [4.78, 5) is 22.7. The summed E-state index contributed by atoms with van der Waals surface area (Å²) in [6, 6.07) is 9.16. The zero-order chi connectivity index (χ0) is 14.5. The summed E-state index contributed by atoms with van der Waals surface area (Å²) in [6.45, 7) is 1.96. The van der Waals surface area contributed by atoms with Gasteiger partial charge in [-0.05, 0) is 35.6 Å². The first-order chi connectivity index (χ1) is 9.58. The summed E-state index contributed by atoms with van der Waals surface area (Å²) >= 11 is 1.18. The van der Waals surface area contributed by atoms with Crippen molar-refractivity contribution in [3.8, 4) is 0 Å². The van der Waals surface area contributed by atoms with Crippen LogP contribution in [-0.2, 0) is 4.79 Å². The molecule has 0 aliphatic heterocycles. The van der Waals surface area contributed by atoms with E-state index >= 15 is 0 Å². The normalized spacial score (nSPS) is 10.7. The van der Waals surface area contributed by atoms with Crippen LogP contribution < -0.4 is 5.32 Å². The van der Waals surface area contributed by atoms with E-state index in [1.54, 1.807) is 11.5 Å². The van der Waals surface area contributed by atoms with Crippen molar-refractivity contribution in [1.29, 1.82) is 0 Å². The molecule has 0 unspecified atom stereocenters. The maximum atomic E-state index is 11.8. The highest BCUT2D eigenvalue weighted by molar-refractivity contribution is 7.14. The summed E-state index contributed by atoms with van der Waals surface area (Å²) < 4.78 is 0. The number of rotatable bonds is 4. The number of carbonyl (C=O) groups is 2. The van der Waals surface area contributed by atoms with E-state index < -0.39 is 5.97 Å². The molecule has 1 amide bonds. The SMILES string of the molecule is Cc1ccccc1/C=C/C(=O)Nc1sccc1C(=O)O. The second-order valence-corrected chi connectivity index (χ2v) is 5.06. The molecule has 0 bridgehead atoms. The van der Waals surface area contributed by atoms with Gasteiger partial charge in [-0.15, -0.1) is 11.3 Å². The first kappa shape index (κ1) is 14.0. The molecule has 0 spiro atoms. The van der Waals surface area contributed by atoms with Crippen molar-refractivity contribution >= 4 is 34.3 Å². The number of carboxylic acid groups (broad SMARTS) is 1. The Morgan fingerprint density at radius 1 is 1.25 bits per heavy atom. The largest absolute Gasteiger partial charge is 0.478 e. The Labute approximate surface area is 120 Å². The zero-order valence-electron chi connectivity index (χ0n) is 10.8. The van der Waals surface area contributed by atoms with Crippen LogP contribution in [-0.4, -0.2) is 17.0 Å². The van der Waals surface area contributed by atoms with Gasteiger partial charge in [-0.25, -0.2) is 4.79 Å². The van der Waals surface area contributed by atoms with Gasteiger partial charge in [0.2, 0.25) is 5.91 Å². The van der Waals surface area contributed by atoms with Gasteiger partial charge in [0.1, 0.15) is 5.00 Å². The fourth-order valence-corrected chi connectivity index (χ4v) is 2.45. The van der Waals surface area contributed by atoms with E-state index in [1.807, 2.05) is 31.2 Å². The smallest absolute Gasteiger partial charge is 0.338 e. The lowest BCUT2D eigenvalue weighted by atomic mass is 10.1. The van der Waals surface area contributed by atoms with Crippen LogP contribution in [0.4, 0.5) is 5.00 Å². The van der Waals surface area contributed by atoms with Crippen LogP contribution in [0.15, 0.2) is 41.8 Å². The number of amides is 1. The average Bonchev–Trinajstić information content (AvgIpc) is 2.86. The third-order valence-corrected chi connectivity index (χ3v) is 3.56. The van der Waals surface area contributed by atoms with Gasteiger partial charge in [0, 0.05) is 6.08 Å². The number of carbonyl (C=O) groups excluding carboxylic acids is 1. The van der Waals surface area contributed by atoms with Crippen LogP contribution in [0.2, 0.25) is 0 Å². The lowest BCUT2D eigenvalue weighted by Gasteiger charge is -2.01. The molecule has 0 saturated carbocycles. The third kappa shape index (κ3) is 3.33. The van der Waals surface area contributed by atoms with Gasteiger partial charge >= 0.3 is 5.97 Å². The molecule has 2 N–H and O–H groups in total. The number of nitrogens with one attached hydrogen (secondary N) is 1. The molecule has 5 heteroatoms. The van der Waals surface area contributed by atoms with Crippen molar-refractivity contribution in [2.75, 3.05) is 5.32 Å². The van der Waals surface area contributed by atoms with E-state index in [1.165, 1.54) is 23.5 Å². The summed E-state index contributed by atoms with van der Waals surface area (Å²) in [5.41, 5.74) is 2.12. The van der Waals surface area contributed by atoms with Gasteiger partial charge in [0.05, 0.1) is 5.56 Å². The number of anilines is 1. The second kappa shape index (κ2) is 6.16. The molecule has 1 heterocycles. The number of hydrogen-bond acceptors (Lipinski definition) is 3. The highest BCUT2D eigenvalue weighted by atomic mass is 32.1. The predicted molar refractivity (Wildman–Crippen MR) is 80.1 cm³/mol. The molecule has 0 saturated heterocycles. The summed E-state index contributed by atoms with van der Waals surface area (Å²) in [6.07, 6.45) is 3.10. The minimum Gasteiger partial charge on any atom is -0.478 e. The highest BCUT2D eigenvalue weighted by Crippen LogP contribution is 2.23. The van der Waals surface area contributed by atoms with Crippen LogP contribution in [0.5, 0.6) is 0 Å². The van der Waals surface area contributed by atoms with Crippen LogP contribution in [0.25, 0.3) is 6.08 Å². The van der Waals surface area contributed by atoms with Gasteiger partial charge in [-0.3, -0.25) is 4.79 Å². The molecule has 102 valence electrons. The fraction of sp³-hybridized carbons (Fsp3) is 0.0667. The molecule has 2 rings (SSSR count). The number of hydrogen-bond donors (Lipinski definition) is 2. The molecule has 0 atom stereocenters. The number of aromatic carboxylic acids is 1. The molecule has 0 aliphatic carbocycles. The van der Waals surface area contributed by atoms with Crippen molar-refractivity contribution in [2.45, 2.75) is 6.92 Å². The van der Waals surface area contributed by atoms with E-state index in [9.17, 15) is 9.59 Å². The van der Waals surface area contributed by atoms with E-state index in [4.69, 9.17) is 5.11 Å². The number of aryl methyl sites for hydroxylation is 1. The van der Waals surface area contributed by atoms with E-state index in [2.05, 4.69) is 5.32 Å². The molecule has 0 radical (unpaired) electrons. The van der Waals surface area contributed by atoms with Gasteiger partial charge in [0.15, 0.2) is 0 Å². The predicted octanol–water partition coefficient (Wildman–Crippen LogP) is 3.41.